The molecule has 4 nitrogen and oxygen atoms in total. The number of hydrogen-bond donors (Lipinski definition) is 2. The van der Waals surface area contributed by atoms with Crippen molar-refractivity contribution in [3.8, 4) is 0 Å². The minimum atomic E-state index is -0.430. The first-order valence-electron chi connectivity index (χ1n) is 7.49. The lowest BCUT2D eigenvalue weighted by atomic mass is 9.87. The van der Waals surface area contributed by atoms with Gasteiger partial charge in [0.15, 0.2) is 0 Å². The maximum atomic E-state index is 11.5. The summed E-state index contributed by atoms with van der Waals surface area (Å²) >= 11 is 0. The van der Waals surface area contributed by atoms with Gasteiger partial charge in [-0.2, -0.15) is 0 Å². The Morgan fingerprint density at radius 2 is 1.84 bits per heavy atom. The highest BCUT2D eigenvalue weighted by atomic mass is 16.6. The van der Waals surface area contributed by atoms with E-state index in [1.807, 2.05) is 20.8 Å². The Morgan fingerprint density at radius 3 is 2.37 bits per heavy atom. The number of rotatable bonds is 4. The van der Waals surface area contributed by atoms with Crippen LogP contribution in [-0.2, 0) is 4.74 Å². The number of carbonyl (C=O) groups is 1. The van der Waals surface area contributed by atoms with Crippen LogP contribution in [-0.4, -0.2) is 30.3 Å². The molecule has 1 aliphatic carbocycles. The normalized spacial score (nSPS) is 25.7. The molecule has 2 N–H and O–H groups in total. The average molecular weight is 270 g/mol. The van der Waals surface area contributed by atoms with Gasteiger partial charge in [-0.1, -0.05) is 6.92 Å². The van der Waals surface area contributed by atoms with Crippen molar-refractivity contribution in [1.29, 1.82) is 0 Å². The first-order chi connectivity index (χ1) is 8.76. The van der Waals surface area contributed by atoms with Crippen molar-refractivity contribution in [1.82, 2.24) is 10.6 Å². The number of nitrogens with one attached hydrogen (secondary N) is 2. The minimum Gasteiger partial charge on any atom is -0.444 e. The molecule has 1 rings (SSSR count). The van der Waals surface area contributed by atoms with Crippen LogP contribution in [0.15, 0.2) is 0 Å². The third-order valence-electron chi connectivity index (χ3n) is 3.49. The number of carbonyl (C=O) groups excluding carboxylic acids is 1. The van der Waals surface area contributed by atoms with E-state index in [4.69, 9.17) is 4.74 Å². The Hall–Kier alpha value is -0.770. The highest BCUT2D eigenvalue weighted by molar-refractivity contribution is 5.67. The van der Waals surface area contributed by atoms with Gasteiger partial charge >= 0.3 is 6.09 Å². The van der Waals surface area contributed by atoms with Crippen LogP contribution in [0.1, 0.15) is 60.3 Å². The molecule has 1 unspecified atom stereocenters. The van der Waals surface area contributed by atoms with Gasteiger partial charge in [0.2, 0.25) is 0 Å². The molecular formula is C15H30N2O2. The Morgan fingerprint density at radius 1 is 1.26 bits per heavy atom. The molecule has 112 valence electrons. The molecule has 1 aliphatic rings. The fraction of sp³-hybridized carbons (Fsp3) is 0.933. The minimum absolute atomic E-state index is 0.283. The van der Waals surface area contributed by atoms with Gasteiger partial charge < -0.3 is 15.4 Å². The maximum Gasteiger partial charge on any atom is 0.407 e. The fourth-order valence-electron chi connectivity index (χ4n) is 2.44. The zero-order valence-electron chi connectivity index (χ0n) is 13.1. The lowest BCUT2D eigenvalue weighted by Gasteiger charge is -2.30. The largest absolute Gasteiger partial charge is 0.444 e. The van der Waals surface area contributed by atoms with Crippen molar-refractivity contribution in [3.05, 3.63) is 0 Å². The van der Waals surface area contributed by atoms with E-state index in [-0.39, 0.29) is 12.1 Å². The van der Waals surface area contributed by atoms with Crippen LogP contribution in [0.3, 0.4) is 0 Å². The zero-order chi connectivity index (χ0) is 14.5. The topological polar surface area (TPSA) is 50.4 Å². The summed E-state index contributed by atoms with van der Waals surface area (Å²) in [5.74, 6) is 0.869. The summed E-state index contributed by atoms with van der Waals surface area (Å²) in [5.41, 5.74) is -0.430. The summed E-state index contributed by atoms with van der Waals surface area (Å²) in [4.78, 5) is 11.5. The standard InChI is InChI=1S/C15H30N2O2/c1-11-6-8-13(9-7-11)17-12(2)10-16-14(18)19-15(3,4)5/h11-13,17H,6-10H2,1-5H3,(H,16,18). The molecule has 0 bridgehead atoms. The second-order valence-electron chi connectivity index (χ2n) is 6.91. The molecule has 4 heteroatoms. The molecule has 0 saturated heterocycles. The second-order valence-corrected chi connectivity index (χ2v) is 6.91. The molecule has 0 aromatic heterocycles. The molecule has 0 radical (unpaired) electrons. The molecule has 1 fully saturated rings. The average Bonchev–Trinajstić information content (AvgIpc) is 2.27. The van der Waals surface area contributed by atoms with E-state index >= 15 is 0 Å². The van der Waals surface area contributed by atoms with Crippen molar-refractivity contribution in [3.63, 3.8) is 0 Å². The van der Waals surface area contributed by atoms with Crippen LogP contribution in [0.2, 0.25) is 0 Å². The molecule has 1 atom stereocenters. The molecular weight excluding hydrogens is 240 g/mol. The third-order valence-corrected chi connectivity index (χ3v) is 3.49. The van der Waals surface area contributed by atoms with Gasteiger partial charge in [0.1, 0.15) is 5.60 Å². The van der Waals surface area contributed by atoms with Crippen molar-refractivity contribution >= 4 is 6.09 Å². The molecule has 0 spiro atoms. The molecule has 1 amide bonds. The number of alkyl carbamates (subject to hydrolysis) is 1. The van der Waals surface area contributed by atoms with Crippen LogP contribution in [0.4, 0.5) is 4.79 Å². The summed E-state index contributed by atoms with van der Waals surface area (Å²) in [6, 6.07) is 0.887. The summed E-state index contributed by atoms with van der Waals surface area (Å²) < 4.78 is 5.21. The van der Waals surface area contributed by atoms with Gasteiger partial charge in [0.05, 0.1) is 0 Å². The predicted molar refractivity (Wildman–Crippen MR) is 78.3 cm³/mol. The van der Waals surface area contributed by atoms with Crippen LogP contribution < -0.4 is 10.6 Å². The van der Waals surface area contributed by atoms with Gasteiger partial charge in [-0.3, -0.25) is 0 Å². The number of amides is 1. The molecule has 0 aliphatic heterocycles. The monoisotopic (exact) mass is 270 g/mol. The summed E-state index contributed by atoms with van der Waals surface area (Å²) in [6.45, 7) is 10.7. The van der Waals surface area contributed by atoms with Gasteiger partial charge in [-0.25, -0.2) is 4.79 Å². The Labute approximate surface area is 117 Å². The third kappa shape index (κ3) is 7.41. The van der Waals surface area contributed by atoms with Crippen LogP contribution in [0, 0.1) is 5.92 Å². The first kappa shape index (κ1) is 16.3. The van der Waals surface area contributed by atoms with E-state index in [0.29, 0.717) is 12.6 Å². The number of ether oxygens (including phenoxy) is 1. The molecule has 1 saturated carbocycles. The van der Waals surface area contributed by atoms with Gasteiger partial charge in [-0.15, -0.1) is 0 Å². The molecule has 0 heterocycles. The summed E-state index contributed by atoms with van der Waals surface area (Å²) in [7, 11) is 0. The highest BCUT2D eigenvalue weighted by Crippen LogP contribution is 2.23. The lowest BCUT2D eigenvalue weighted by molar-refractivity contribution is 0.0522. The Bertz CT molecular complexity index is 278. The van der Waals surface area contributed by atoms with Gasteiger partial charge in [0.25, 0.3) is 0 Å². The quantitative estimate of drug-likeness (QED) is 0.825. The number of hydrogen-bond acceptors (Lipinski definition) is 3. The van der Waals surface area contributed by atoms with Crippen LogP contribution >= 0.6 is 0 Å². The molecule has 0 aromatic carbocycles. The maximum absolute atomic E-state index is 11.5. The van der Waals surface area contributed by atoms with Crippen molar-refractivity contribution < 1.29 is 9.53 Å². The van der Waals surface area contributed by atoms with E-state index in [0.717, 1.165) is 5.92 Å². The van der Waals surface area contributed by atoms with Crippen molar-refractivity contribution in [2.24, 2.45) is 5.92 Å². The first-order valence-corrected chi connectivity index (χ1v) is 7.49. The van der Waals surface area contributed by atoms with Crippen LogP contribution in [0.25, 0.3) is 0 Å². The smallest absolute Gasteiger partial charge is 0.407 e. The summed E-state index contributed by atoms with van der Waals surface area (Å²) in [6.07, 6.45) is 4.78. The Kier molecular flexibility index (Phi) is 6.11. The van der Waals surface area contributed by atoms with E-state index in [1.165, 1.54) is 25.7 Å². The van der Waals surface area contributed by atoms with E-state index in [9.17, 15) is 4.79 Å². The fourth-order valence-corrected chi connectivity index (χ4v) is 2.44. The van der Waals surface area contributed by atoms with E-state index in [2.05, 4.69) is 24.5 Å². The van der Waals surface area contributed by atoms with Crippen molar-refractivity contribution in [2.45, 2.75) is 78.0 Å². The van der Waals surface area contributed by atoms with E-state index in [1.54, 1.807) is 0 Å². The van der Waals surface area contributed by atoms with Gasteiger partial charge in [0, 0.05) is 18.6 Å². The lowest BCUT2D eigenvalue weighted by Crippen LogP contribution is -2.45. The van der Waals surface area contributed by atoms with Crippen molar-refractivity contribution in [2.75, 3.05) is 6.54 Å². The predicted octanol–water partition coefficient (Wildman–Crippen LogP) is 3.07. The summed E-state index contributed by atoms with van der Waals surface area (Å²) in [5, 5.41) is 6.40. The molecule has 0 aromatic rings. The zero-order valence-corrected chi connectivity index (χ0v) is 13.1. The molecule has 19 heavy (non-hydrogen) atoms. The highest BCUT2D eigenvalue weighted by Gasteiger charge is 2.20. The van der Waals surface area contributed by atoms with Gasteiger partial charge in [-0.05, 0) is 59.3 Å². The SMILES string of the molecule is CC1CCC(NC(C)CNC(=O)OC(C)(C)C)CC1. The van der Waals surface area contributed by atoms with Crippen LogP contribution in [0.5, 0.6) is 0 Å². The second kappa shape index (κ2) is 7.13. The van der Waals surface area contributed by atoms with E-state index < -0.39 is 5.60 Å². The Balaban J connectivity index is 2.17.